The molecular formula is C23H22F5N3O3S. The third-order valence-electron chi connectivity index (χ3n) is 6.22. The van der Waals surface area contributed by atoms with Gasteiger partial charge in [-0.05, 0) is 37.0 Å². The van der Waals surface area contributed by atoms with Crippen LogP contribution in [0.3, 0.4) is 0 Å². The molecule has 2 heterocycles. The largest absolute Gasteiger partial charge is 0.444 e. The number of rotatable bonds is 6. The molecular weight excluding hydrogens is 493 g/mol. The number of aromatic nitrogens is 2. The summed E-state index contributed by atoms with van der Waals surface area (Å²) in [5, 5.41) is 0. The first kappa shape index (κ1) is 25.2. The van der Waals surface area contributed by atoms with Crippen LogP contribution < -0.4 is 0 Å². The fourth-order valence-corrected chi connectivity index (χ4v) is 6.02. The maximum atomic E-state index is 15.1. The number of halogens is 5. The molecule has 3 aromatic rings. The minimum absolute atomic E-state index is 0.0968. The van der Waals surface area contributed by atoms with Crippen molar-refractivity contribution in [3.63, 3.8) is 0 Å². The predicted octanol–water partition coefficient (Wildman–Crippen LogP) is 5.80. The molecule has 0 unspecified atom stereocenters. The SMILES string of the molecule is C[C@@H]1CCCC[C@H]1N(Cc1ccc(-c2ncco2)c(F)c1F)S(=O)(=O)c1ccc(C(F)(F)F)nc1. The highest BCUT2D eigenvalue weighted by molar-refractivity contribution is 7.89. The number of pyridine rings is 1. The molecule has 35 heavy (non-hydrogen) atoms. The molecule has 1 fully saturated rings. The van der Waals surface area contributed by atoms with Gasteiger partial charge in [-0.3, -0.25) is 4.98 Å². The monoisotopic (exact) mass is 515 g/mol. The van der Waals surface area contributed by atoms with E-state index in [1.165, 1.54) is 24.6 Å². The van der Waals surface area contributed by atoms with Crippen LogP contribution in [0.4, 0.5) is 22.0 Å². The molecule has 0 radical (unpaired) electrons. The van der Waals surface area contributed by atoms with Gasteiger partial charge in [0.05, 0.1) is 11.8 Å². The van der Waals surface area contributed by atoms with Crippen LogP contribution >= 0.6 is 0 Å². The number of alkyl halides is 3. The summed E-state index contributed by atoms with van der Waals surface area (Å²) < 4.78 is 102. The van der Waals surface area contributed by atoms with Gasteiger partial charge in [-0.25, -0.2) is 22.2 Å². The molecule has 1 aromatic carbocycles. The first-order chi connectivity index (χ1) is 16.5. The van der Waals surface area contributed by atoms with Crippen molar-refractivity contribution in [1.29, 1.82) is 0 Å². The fraction of sp³-hybridized carbons (Fsp3) is 0.391. The Bertz CT molecular complexity index is 1280. The lowest BCUT2D eigenvalue weighted by Gasteiger charge is -2.37. The maximum absolute atomic E-state index is 15.1. The lowest BCUT2D eigenvalue weighted by Crippen LogP contribution is -2.45. The summed E-state index contributed by atoms with van der Waals surface area (Å²) in [7, 11) is -4.39. The van der Waals surface area contributed by atoms with Crippen LogP contribution in [0.1, 0.15) is 43.9 Å². The second-order valence-corrected chi connectivity index (χ2v) is 10.4. The van der Waals surface area contributed by atoms with E-state index in [-0.39, 0.29) is 22.9 Å². The molecule has 0 spiro atoms. The Morgan fingerprint density at radius 2 is 1.80 bits per heavy atom. The van der Waals surface area contributed by atoms with Crippen molar-refractivity contribution >= 4 is 10.0 Å². The minimum Gasteiger partial charge on any atom is -0.444 e. The first-order valence-electron chi connectivity index (χ1n) is 10.9. The van der Waals surface area contributed by atoms with E-state index in [9.17, 15) is 26.0 Å². The Labute approximate surface area is 198 Å². The minimum atomic E-state index is -4.73. The number of oxazole rings is 1. The molecule has 12 heteroatoms. The van der Waals surface area contributed by atoms with E-state index < -0.39 is 51.0 Å². The molecule has 0 aliphatic heterocycles. The topological polar surface area (TPSA) is 76.3 Å². The van der Waals surface area contributed by atoms with Gasteiger partial charge in [0, 0.05) is 24.3 Å². The zero-order valence-electron chi connectivity index (χ0n) is 18.6. The summed E-state index contributed by atoms with van der Waals surface area (Å²) in [6.45, 7) is 1.35. The van der Waals surface area contributed by atoms with Gasteiger partial charge in [0.1, 0.15) is 16.9 Å². The molecule has 4 rings (SSSR count). The molecule has 0 amide bonds. The van der Waals surface area contributed by atoms with Gasteiger partial charge in [0.15, 0.2) is 11.6 Å². The van der Waals surface area contributed by atoms with Crippen LogP contribution in [0.5, 0.6) is 0 Å². The van der Waals surface area contributed by atoms with E-state index in [2.05, 4.69) is 9.97 Å². The van der Waals surface area contributed by atoms with E-state index in [1.54, 1.807) is 0 Å². The summed E-state index contributed by atoms with van der Waals surface area (Å²) >= 11 is 0. The van der Waals surface area contributed by atoms with Crippen molar-refractivity contribution in [2.75, 3.05) is 0 Å². The zero-order valence-corrected chi connectivity index (χ0v) is 19.4. The van der Waals surface area contributed by atoms with Crippen molar-refractivity contribution in [3.05, 3.63) is 65.8 Å². The summed E-state index contributed by atoms with van der Waals surface area (Å²) in [5.41, 5.74) is -1.67. The van der Waals surface area contributed by atoms with Crippen molar-refractivity contribution in [3.8, 4) is 11.5 Å². The highest BCUT2D eigenvalue weighted by atomic mass is 32.2. The van der Waals surface area contributed by atoms with Gasteiger partial charge in [-0.15, -0.1) is 0 Å². The number of nitrogens with zero attached hydrogens (tertiary/aromatic N) is 3. The molecule has 188 valence electrons. The summed E-state index contributed by atoms with van der Waals surface area (Å²) in [4.78, 5) is 6.60. The van der Waals surface area contributed by atoms with E-state index in [0.29, 0.717) is 18.7 Å². The van der Waals surface area contributed by atoms with E-state index in [1.807, 2.05) is 6.92 Å². The molecule has 6 nitrogen and oxygen atoms in total. The Kier molecular flexibility index (Phi) is 6.96. The van der Waals surface area contributed by atoms with Crippen molar-refractivity contribution in [1.82, 2.24) is 14.3 Å². The van der Waals surface area contributed by atoms with Crippen LogP contribution in [-0.2, 0) is 22.7 Å². The number of hydrogen-bond donors (Lipinski definition) is 0. The second-order valence-electron chi connectivity index (χ2n) is 8.49. The van der Waals surface area contributed by atoms with E-state index >= 15 is 4.39 Å². The number of sulfonamides is 1. The van der Waals surface area contributed by atoms with Crippen LogP contribution in [0, 0.1) is 17.6 Å². The van der Waals surface area contributed by atoms with Crippen LogP contribution in [0.25, 0.3) is 11.5 Å². The molecule has 0 saturated heterocycles. The molecule has 0 N–H and O–H groups in total. The highest BCUT2D eigenvalue weighted by Gasteiger charge is 2.38. The average Bonchev–Trinajstić information content (AvgIpc) is 3.35. The predicted molar refractivity (Wildman–Crippen MR) is 115 cm³/mol. The second kappa shape index (κ2) is 9.65. The van der Waals surface area contributed by atoms with Crippen LogP contribution in [0.2, 0.25) is 0 Å². The van der Waals surface area contributed by atoms with Crippen LogP contribution in [-0.4, -0.2) is 28.7 Å². The number of hydrogen-bond acceptors (Lipinski definition) is 5. The third-order valence-corrected chi connectivity index (χ3v) is 8.08. The smallest absolute Gasteiger partial charge is 0.433 e. The normalized spacial score (nSPS) is 19.3. The molecule has 1 aliphatic rings. The van der Waals surface area contributed by atoms with Gasteiger partial charge >= 0.3 is 6.18 Å². The average molecular weight is 516 g/mol. The van der Waals surface area contributed by atoms with Gasteiger partial charge in [0.2, 0.25) is 15.9 Å². The molecule has 2 aromatic heterocycles. The lowest BCUT2D eigenvalue weighted by atomic mass is 9.86. The zero-order chi connectivity index (χ0) is 25.4. The molecule has 1 aliphatic carbocycles. The molecule has 0 bridgehead atoms. The Hall–Kier alpha value is -2.86. The van der Waals surface area contributed by atoms with Gasteiger partial charge in [-0.1, -0.05) is 25.8 Å². The Morgan fingerprint density at radius 3 is 2.40 bits per heavy atom. The summed E-state index contributed by atoms with van der Waals surface area (Å²) in [5.74, 6) is -2.72. The number of benzene rings is 1. The van der Waals surface area contributed by atoms with E-state index in [0.717, 1.165) is 29.6 Å². The van der Waals surface area contributed by atoms with Gasteiger partial charge in [-0.2, -0.15) is 17.5 Å². The van der Waals surface area contributed by atoms with Gasteiger partial charge < -0.3 is 4.42 Å². The summed E-state index contributed by atoms with van der Waals surface area (Å²) in [6.07, 6.45) is 1.21. The van der Waals surface area contributed by atoms with Crippen molar-refractivity contribution in [2.24, 2.45) is 5.92 Å². The summed E-state index contributed by atoms with van der Waals surface area (Å²) in [6, 6.07) is 3.35. The fourth-order valence-electron chi connectivity index (χ4n) is 4.34. The molecule has 2 atom stereocenters. The Morgan fingerprint density at radius 1 is 1.06 bits per heavy atom. The van der Waals surface area contributed by atoms with Gasteiger partial charge in [0.25, 0.3) is 0 Å². The first-order valence-corrected chi connectivity index (χ1v) is 12.4. The Balaban J connectivity index is 1.73. The highest BCUT2D eigenvalue weighted by Crippen LogP contribution is 2.35. The lowest BCUT2D eigenvalue weighted by molar-refractivity contribution is -0.141. The van der Waals surface area contributed by atoms with E-state index in [4.69, 9.17) is 4.42 Å². The van der Waals surface area contributed by atoms with Crippen molar-refractivity contribution < 1.29 is 34.8 Å². The third kappa shape index (κ3) is 5.08. The quantitative estimate of drug-likeness (QED) is 0.388. The molecule has 1 saturated carbocycles. The van der Waals surface area contributed by atoms with Crippen LogP contribution in [0.15, 0.2) is 52.2 Å². The standard InChI is InChI=1S/C23H22F5N3O3S/c1-14-4-2-3-5-18(14)31(35(32,33)16-7-9-19(30-12-16)23(26,27)28)13-15-6-8-17(21(25)20(15)24)22-29-10-11-34-22/h6-12,14,18H,2-5,13H2,1H3/t14-,18-/m1/s1. The van der Waals surface area contributed by atoms with Crippen molar-refractivity contribution in [2.45, 2.75) is 56.3 Å². The maximum Gasteiger partial charge on any atom is 0.433 e.